The predicted octanol–water partition coefficient (Wildman–Crippen LogP) is 1.19. The van der Waals surface area contributed by atoms with Crippen LogP contribution in [0.4, 0.5) is 0 Å². The number of nitrogens with one attached hydrogen (secondary N) is 1. The van der Waals surface area contributed by atoms with Gasteiger partial charge in [-0.2, -0.15) is 0 Å². The molecule has 60 valence electrons. The van der Waals surface area contributed by atoms with E-state index in [0.717, 1.165) is 26.1 Å². The van der Waals surface area contributed by atoms with Gasteiger partial charge in [-0.3, -0.25) is 0 Å². The molecule has 0 aromatic carbocycles. The molecule has 0 spiro atoms. The van der Waals surface area contributed by atoms with Crippen LogP contribution in [0.15, 0.2) is 12.2 Å². The van der Waals surface area contributed by atoms with Crippen LogP contribution in [-0.4, -0.2) is 26.8 Å². The van der Waals surface area contributed by atoms with Crippen LogP contribution in [0.1, 0.15) is 13.3 Å². The summed E-state index contributed by atoms with van der Waals surface area (Å²) in [6.45, 7) is 4.96. The average Bonchev–Trinajstić information content (AvgIpc) is 1.97. The van der Waals surface area contributed by atoms with E-state index in [1.807, 2.05) is 6.08 Å². The first-order chi connectivity index (χ1) is 4.91. The fourth-order valence-electron chi connectivity index (χ4n) is 0.644. The zero-order valence-electron chi connectivity index (χ0n) is 6.89. The highest BCUT2D eigenvalue weighted by Crippen LogP contribution is 1.80. The number of hydrogen-bond donors (Lipinski definition) is 1. The second-order valence-corrected chi connectivity index (χ2v) is 2.07. The first-order valence-corrected chi connectivity index (χ1v) is 3.76. The van der Waals surface area contributed by atoms with Gasteiger partial charge in [0.15, 0.2) is 0 Å². The number of rotatable bonds is 6. The highest BCUT2D eigenvalue weighted by Gasteiger charge is 1.77. The molecule has 2 nitrogen and oxygen atoms in total. The molecule has 0 saturated heterocycles. The molecule has 0 aliphatic rings. The van der Waals surface area contributed by atoms with Crippen LogP contribution in [0.2, 0.25) is 0 Å². The molecule has 0 amide bonds. The maximum atomic E-state index is 4.84. The van der Waals surface area contributed by atoms with Crippen LogP contribution >= 0.6 is 0 Å². The molecule has 1 N–H and O–H groups in total. The molecule has 0 aromatic rings. The molecule has 0 rings (SSSR count). The minimum atomic E-state index is 0.728. The molecule has 0 saturated carbocycles. The van der Waals surface area contributed by atoms with E-state index in [-0.39, 0.29) is 0 Å². The topological polar surface area (TPSA) is 21.3 Å². The summed E-state index contributed by atoms with van der Waals surface area (Å²) in [6, 6.07) is 0. The van der Waals surface area contributed by atoms with Crippen molar-refractivity contribution < 1.29 is 4.74 Å². The van der Waals surface area contributed by atoms with Crippen LogP contribution in [0.5, 0.6) is 0 Å². The zero-order valence-corrected chi connectivity index (χ0v) is 6.89. The fraction of sp³-hybridized carbons (Fsp3) is 0.750. The lowest BCUT2D eigenvalue weighted by Crippen LogP contribution is -2.12. The van der Waals surface area contributed by atoms with E-state index in [1.165, 1.54) is 0 Å². The smallest absolute Gasteiger partial charge is 0.0643 e. The average molecular weight is 143 g/mol. The van der Waals surface area contributed by atoms with Gasteiger partial charge in [-0.1, -0.05) is 19.1 Å². The quantitative estimate of drug-likeness (QED) is 0.445. The van der Waals surface area contributed by atoms with E-state index in [1.54, 1.807) is 7.11 Å². The van der Waals surface area contributed by atoms with Crippen LogP contribution in [0, 0.1) is 0 Å². The standard InChI is InChI=1S/C8H17NO/c1-3-9-7-5-4-6-8-10-2/h4,6,9H,3,5,7-8H2,1-2H3. The molecule has 0 unspecified atom stereocenters. The van der Waals surface area contributed by atoms with Gasteiger partial charge < -0.3 is 10.1 Å². The van der Waals surface area contributed by atoms with Gasteiger partial charge in [0.05, 0.1) is 6.61 Å². The van der Waals surface area contributed by atoms with Crippen molar-refractivity contribution in [1.82, 2.24) is 5.32 Å². The highest BCUT2D eigenvalue weighted by atomic mass is 16.5. The van der Waals surface area contributed by atoms with Crippen molar-refractivity contribution in [3.63, 3.8) is 0 Å². The van der Waals surface area contributed by atoms with Crippen LogP contribution < -0.4 is 5.32 Å². The van der Waals surface area contributed by atoms with Crippen molar-refractivity contribution in [3.8, 4) is 0 Å². The monoisotopic (exact) mass is 143 g/mol. The summed E-state index contributed by atoms with van der Waals surface area (Å²) in [7, 11) is 1.70. The molecule has 0 radical (unpaired) electrons. The molecule has 0 fully saturated rings. The summed E-state index contributed by atoms with van der Waals surface area (Å²) in [6.07, 6.45) is 5.26. The molecule has 0 aliphatic heterocycles. The van der Waals surface area contributed by atoms with Crippen molar-refractivity contribution in [3.05, 3.63) is 12.2 Å². The molecule has 0 bridgehead atoms. The lowest BCUT2D eigenvalue weighted by Gasteiger charge is -1.94. The van der Waals surface area contributed by atoms with Crippen LogP contribution in [0.3, 0.4) is 0 Å². The van der Waals surface area contributed by atoms with Crippen LogP contribution in [-0.2, 0) is 4.74 Å². The van der Waals surface area contributed by atoms with E-state index >= 15 is 0 Å². The summed E-state index contributed by atoms with van der Waals surface area (Å²) in [4.78, 5) is 0. The van der Waals surface area contributed by atoms with Gasteiger partial charge in [0.2, 0.25) is 0 Å². The Labute approximate surface area is 63.3 Å². The Hall–Kier alpha value is -0.340. The van der Waals surface area contributed by atoms with E-state index in [2.05, 4.69) is 18.3 Å². The van der Waals surface area contributed by atoms with Crippen molar-refractivity contribution >= 4 is 0 Å². The Balaban J connectivity index is 2.88. The first-order valence-electron chi connectivity index (χ1n) is 3.76. The normalized spacial score (nSPS) is 11.0. The summed E-state index contributed by atoms with van der Waals surface area (Å²) in [5.74, 6) is 0. The highest BCUT2D eigenvalue weighted by molar-refractivity contribution is 4.81. The van der Waals surface area contributed by atoms with Crippen molar-refractivity contribution in [2.45, 2.75) is 13.3 Å². The van der Waals surface area contributed by atoms with E-state index in [0.29, 0.717) is 0 Å². The van der Waals surface area contributed by atoms with Crippen LogP contribution in [0.25, 0.3) is 0 Å². The Bertz CT molecular complexity index is 81.3. The van der Waals surface area contributed by atoms with Gasteiger partial charge in [0.1, 0.15) is 0 Å². The lowest BCUT2D eigenvalue weighted by atomic mass is 10.4. The number of methoxy groups -OCH3 is 1. The maximum Gasteiger partial charge on any atom is 0.0643 e. The zero-order chi connectivity index (χ0) is 7.66. The van der Waals surface area contributed by atoms with E-state index < -0.39 is 0 Å². The number of hydrogen-bond acceptors (Lipinski definition) is 2. The minimum Gasteiger partial charge on any atom is -0.381 e. The van der Waals surface area contributed by atoms with Gasteiger partial charge >= 0.3 is 0 Å². The van der Waals surface area contributed by atoms with E-state index in [9.17, 15) is 0 Å². The fourth-order valence-corrected chi connectivity index (χ4v) is 0.644. The van der Waals surface area contributed by atoms with Crippen molar-refractivity contribution in [2.24, 2.45) is 0 Å². The Kier molecular flexibility index (Phi) is 8.37. The van der Waals surface area contributed by atoms with Gasteiger partial charge in [-0.25, -0.2) is 0 Å². The Morgan fingerprint density at radius 3 is 2.80 bits per heavy atom. The second-order valence-electron chi connectivity index (χ2n) is 2.07. The molecular weight excluding hydrogens is 126 g/mol. The van der Waals surface area contributed by atoms with Gasteiger partial charge in [0.25, 0.3) is 0 Å². The summed E-state index contributed by atoms with van der Waals surface area (Å²) in [5.41, 5.74) is 0. The molecule has 2 heteroatoms. The molecule has 0 aliphatic carbocycles. The molecule has 10 heavy (non-hydrogen) atoms. The van der Waals surface area contributed by atoms with Crippen molar-refractivity contribution in [1.29, 1.82) is 0 Å². The minimum absolute atomic E-state index is 0.728. The Morgan fingerprint density at radius 2 is 2.20 bits per heavy atom. The first kappa shape index (κ1) is 9.66. The maximum absolute atomic E-state index is 4.84. The SMILES string of the molecule is CCNCCC=CCOC. The second kappa shape index (κ2) is 8.66. The third-order valence-electron chi connectivity index (χ3n) is 1.17. The lowest BCUT2D eigenvalue weighted by molar-refractivity contribution is 0.233. The molecule has 0 heterocycles. The van der Waals surface area contributed by atoms with Gasteiger partial charge in [0, 0.05) is 7.11 Å². The summed E-state index contributed by atoms with van der Waals surface area (Å²) in [5, 5.41) is 3.23. The largest absolute Gasteiger partial charge is 0.381 e. The summed E-state index contributed by atoms with van der Waals surface area (Å²) < 4.78 is 4.84. The Morgan fingerprint density at radius 1 is 1.40 bits per heavy atom. The van der Waals surface area contributed by atoms with E-state index in [4.69, 9.17) is 4.74 Å². The summed E-state index contributed by atoms with van der Waals surface area (Å²) >= 11 is 0. The predicted molar refractivity (Wildman–Crippen MR) is 44.2 cm³/mol. The molecular formula is C8H17NO. The van der Waals surface area contributed by atoms with Crippen molar-refractivity contribution in [2.75, 3.05) is 26.8 Å². The third kappa shape index (κ3) is 7.66. The van der Waals surface area contributed by atoms with Gasteiger partial charge in [-0.15, -0.1) is 0 Å². The molecule has 0 atom stereocenters. The number of ether oxygens (including phenoxy) is 1. The van der Waals surface area contributed by atoms with Gasteiger partial charge in [-0.05, 0) is 19.5 Å². The third-order valence-corrected chi connectivity index (χ3v) is 1.17. The molecule has 0 aromatic heterocycles.